The Hall–Kier alpha value is -0.300. The molecule has 2 unspecified atom stereocenters. The van der Waals surface area contributed by atoms with Crippen molar-refractivity contribution in [3.8, 4) is 0 Å². The predicted octanol–water partition coefficient (Wildman–Crippen LogP) is 7.94. The Balaban J connectivity index is 1.16. The first-order valence-electron chi connectivity index (χ1n) is 13.0. The molecule has 1 heteroatoms. The molecule has 4 aliphatic rings. The molecule has 1 saturated heterocycles. The smallest absolute Gasteiger partial charge is 0.0608 e. The van der Waals surface area contributed by atoms with E-state index in [1.54, 1.807) is 25.7 Å². The third-order valence-electron chi connectivity index (χ3n) is 9.39. The Bertz CT molecular complexity index is 461. The molecule has 0 N–H and O–H groups in total. The molecule has 0 aromatic carbocycles. The van der Waals surface area contributed by atoms with Crippen molar-refractivity contribution < 1.29 is 4.74 Å². The van der Waals surface area contributed by atoms with Gasteiger partial charge in [0, 0.05) is 0 Å². The van der Waals surface area contributed by atoms with Gasteiger partial charge in [-0.25, -0.2) is 0 Å². The molecule has 4 rings (SSSR count). The molecule has 0 aromatic rings. The van der Waals surface area contributed by atoms with Gasteiger partial charge in [-0.15, -0.1) is 6.58 Å². The molecule has 1 nitrogen and oxygen atoms in total. The fourth-order valence-corrected chi connectivity index (χ4v) is 7.54. The number of hydrogen-bond acceptors (Lipinski definition) is 1. The van der Waals surface area contributed by atoms with Crippen LogP contribution in [0.25, 0.3) is 0 Å². The zero-order valence-electron chi connectivity index (χ0n) is 18.6. The minimum Gasteiger partial charge on any atom is -0.375 e. The summed E-state index contributed by atoms with van der Waals surface area (Å²) in [5.74, 6) is 5.91. The minimum absolute atomic E-state index is 0.588. The summed E-state index contributed by atoms with van der Waals surface area (Å²) < 4.78 is 6.41. The third-order valence-corrected chi connectivity index (χ3v) is 9.39. The van der Waals surface area contributed by atoms with Crippen molar-refractivity contribution in [1.82, 2.24) is 0 Å². The topological polar surface area (TPSA) is 9.23 Å². The maximum Gasteiger partial charge on any atom is 0.0608 e. The fraction of sp³-hybridized carbons (Fsp3) is 0.926. The number of hydrogen-bond donors (Lipinski definition) is 0. The van der Waals surface area contributed by atoms with Gasteiger partial charge in [0.05, 0.1) is 12.2 Å². The molecule has 1 aliphatic heterocycles. The number of allylic oxidation sites excluding steroid dienone is 1. The Labute approximate surface area is 175 Å². The molecule has 28 heavy (non-hydrogen) atoms. The van der Waals surface area contributed by atoms with Crippen LogP contribution in [0.15, 0.2) is 12.7 Å². The highest BCUT2D eigenvalue weighted by molar-refractivity contribution is 4.90. The van der Waals surface area contributed by atoms with Crippen molar-refractivity contribution in [1.29, 1.82) is 0 Å². The van der Waals surface area contributed by atoms with Crippen LogP contribution in [0.1, 0.15) is 110 Å². The Morgan fingerprint density at radius 3 is 1.57 bits per heavy atom. The molecular weight excluding hydrogens is 340 g/mol. The summed E-state index contributed by atoms with van der Waals surface area (Å²) in [7, 11) is 0. The van der Waals surface area contributed by atoms with Crippen LogP contribution in [0.3, 0.4) is 0 Å². The molecule has 0 amide bonds. The van der Waals surface area contributed by atoms with Gasteiger partial charge in [-0.1, -0.05) is 19.4 Å². The van der Waals surface area contributed by atoms with E-state index in [2.05, 4.69) is 19.6 Å². The predicted molar refractivity (Wildman–Crippen MR) is 119 cm³/mol. The van der Waals surface area contributed by atoms with Crippen LogP contribution in [-0.2, 0) is 4.74 Å². The number of rotatable bonds is 6. The standard InChI is InChI=1S/C27H46O/c1-3-5-26-18-19-27(28-26)25-16-14-24(15-17-25)23-12-10-22(11-13-23)21-8-6-20(4-2)7-9-21/h4,20-27H,2-3,5-19H2,1H3. The molecule has 1 heterocycles. The average molecular weight is 387 g/mol. The van der Waals surface area contributed by atoms with Crippen LogP contribution in [0.4, 0.5) is 0 Å². The average Bonchev–Trinajstić information content (AvgIpc) is 3.23. The van der Waals surface area contributed by atoms with Crippen LogP contribution in [0, 0.1) is 35.5 Å². The quantitative estimate of drug-likeness (QED) is 0.421. The van der Waals surface area contributed by atoms with Crippen molar-refractivity contribution in [2.75, 3.05) is 0 Å². The van der Waals surface area contributed by atoms with Crippen LogP contribution in [0.5, 0.6) is 0 Å². The van der Waals surface area contributed by atoms with Gasteiger partial charge >= 0.3 is 0 Å². The summed E-state index contributed by atoms with van der Waals surface area (Å²) in [5, 5.41) is 0. The first kappa shape index (κ1) is 21.0. The second kappa shape index (κ2) is 10.1. The van der Waals surface area contributed by atoms with Gasteiger partial charge in [-0.3, -0.25) is 0 Å². The van der Waals surface area contributed by atoms with Gasteiger partial charge in [0.1, 0.15) is 0 Å². The van der Waals surface area contributed by atoms with Crippen LogP contribution in [0.2, 0.25) is 0 Å². The molecule has 160 valence electrons. The second-order valence-electron chi connectivity index (χ2n) is 10.9. The van der Waals surface area contributed by atoms with Gasteiger partial charge in [-0.2, -0.15) is 0 Å². The molecule has 0 radical (unpaired) electrons. The molecule has 4 fully saturated rings. The van der Waals surface area contributed by atoms with Crippen molar-refractivity contribution in [2.45, 2.75) is 122 Å². The summed E-state index contributed by atoms with van der Waals surface area (Å²) in [6.07, 6.45) is 26.5. The fourth-order valence-electron chi connectivity index (χ4n) is 7.54. The molecule has 3 aliphatic carbocycles. The van der Waals surface area contributed by atoms with E-state index >= 15 is 0 Å². The van der Waals surface area contributed by atoms with E-state index in [0.29, 0.717) is 12.2 Å². The largest absolute Gasteiger partial charge is 0.375 e. The maximum absolute atomic E-state index is 6.41. The van der Waals surface area contributed by atoms with E-state index in [0.717, 1.165) is 35.5 Å². The summed E-state index contributed by atoms with van der Waals surface area (Å²) in [4.78, 5) is 0. The first-order valence-corrected chi connectivity index (χ1v) is 13.0. The van der Waals surface area contributed by atoms with Gasteiger partial charge in [0.15, 0.2) is 0 Å². The van der Waals surface area contributed by atoms with Gasteiger partial charge in [-0.05, 0) is 132 Å². The van der Waals surface area contributed by atoms with E-state index in [1.165, 1.54) is 77.0 Å². The summed E-state index contributed by atoms with van der Waals surface area (Å²) in [6.45, 7) is 6.31. The molecule has 2 atom stereocenters. The van der Waals surface area contributed by atoms with E-state index in [9.17, 15) is 0 Å². The van der Waals surface area contributed by atoms with Crippen LogP contribution < -0.4 is 0 Å². The molecule has 0 spiro atoms. The lowest BCUT2D eigenvalue weighted by molar-refractivity contribution is -0.0119. The Kier molecular flexibility index (Phi) is 7.59. The normalized spacial score (nSPS) is 45.0. The first-order chi connectivity index (χ1) is 13.8. The van der Waals surface area contributed by atoms with Gasteiger partial charge in [0.2, 0.25) is 0 Å². The van der Waals surface area contributed by atoms with Gasteiger partial charge < -0.3 is 4.74 Å². The van der Waals surface area contributed by atoms with Crippen molar-refractivity contribution in [3.63, 3.8) is 0 Å². The lowest BCUT2D eigenvalue weighted by atomic mass is 9.64. The van der Waals surface area contributed by atoms with Crippen molar-refractivity contribution >= 4 is 0 Å². The van der Waals surface area contributed by atoms with Crippen molar-refractivity contribution in [2.24, 2.45) is 35.5 Å². The van der Waals surface area contributed by atoms with E-state index in [-0.39, 0.29) is 0 Å². The minimum atomic E-state index is 0.588. The summed E-state index contributed by atoms with van der Waals surface area (Å²) in [5.41, 5.74) is 0. The zero-order valence-corrected chi connectivity index (χ0v) is 18.6. The Morgan fingerprint density at radius 1 is 0.643 bits per heavy atom. The molecule has 0 aromatic heterocycles. The Morgan fingerprint density at radius 2 is 1.11 bits per heavy atom. The summed E-state index contributed by atoms with van der Waals surface area (Å²) in [6, 6.07) is 0. The zero-order chi connectivity index (χ0) is 19.3. The van der Waals surface area contributed by atoms with E-state index in [4.69, 9.17) is 4.74 Å². The maximum atomic E-state index is 6.41. The highest BCUT2D eigenvalue weighted by Gasteiger charge is 2.37. The SMILES string of the molecule is C=CC1CCC(C2CCC(C3CCC(C4CCC(CCC)O4)CC3)CC2)CC1. The third kappa shape index (κ3) is 5.05. The van der Waals surface area contributed by atoms with Gasteiger partial charge in [0.25, 0.3) is 0 Å². The lowest BCUT2D eigenvalue weighted by Gasteiger charge is -2.41. The summed E-state index contributed by atoms with van der Waals surface area (Å²) >= 11 is 0. The highest BCUT2D eigenvalue weighted by atomic mass is 16.5. The van der Waals surface area contributed by atoms with E-state index < -0.39 is 0 Å². The van der Waals surface area contributed by atoms with Crippen LogP contribution >= 0.6 is 0 Å². The number of ether oxygens (including phenoxy) is 1. The van der Waals surface area contributed by atoms with E-state index in [1.807, 2.05) is 0 Å². The molecular formula is C27H46O. The second-order valence-corrected chi connectivity index (χ2v) is 10.9. The van der Waals surface area contributed by atoms with Crippen molar-refractivity contribution in [3.05, 3.63) is 12.7 Å². The molecule has 3 saturated carbocycles. The van der Waals surface area contributed by atoms with Crippen LogP contribution in [-0.4, -0.2) is 12.2 Å². The monoisotopic (exact) mass is 386 g/mol. The highest BCUT2D eigenvalue weighted by Crippen LogP contribution is 2.47. The molecule has 0 bridgehead atoms. The lowest BCUT2D eigenvalue weighted by Crippen LogP contribution is -2.32.